The molecule has 20 heavy (non-hydrogen) atoms. The molecule has 0 atom stereocenters. The number of hydrogen-bond acceptors (Lipinski definition) is 5. The summed E-state index contributed by atoms with van der Waals surface area (Å²) < 4.78 is 5.11. The Morgan fingerprint density at radius 2 is 2.25 bits per heavy atom. The minimum absolute atomic E-state index is 0.230. The van der Waals surface area contributed by atoms with E-state index in [0.29, 0.717) is 23.5 Å². The summed E-state index contributed by atoms with van der Waals surface area (Å²) in [4.78, 5) is 20.1. The summed E-state index contributed by atoms with van der Waals surface area (Å²) in [7, 11) is 0. The second kappa shape index (κ2) is 5.28. The van der Waals surface area contributed by atoms with Gasteiger partial charge < -0.3 is 9.84 Å². The van der Waals surface area contributed by atoms with Crippen molar-refractivity contribution in [1.82, 2.24) is 20.4 Å². The third-order valence-electron chi connectivity index (χ3n) is 2.95. The second-order valence-corrected chi connectivity index (χ2v) is 4.80. The molecule has 0 unspecified atom stereocenters. The summed E-state index contributed by atoms with van der Waals surface area (Å²) >= 11 is 0. The van der Waals surface area contributed by atoms with Crippen LogP contribution in [-0.4, -0.2) is 21.2 Å². The molecule has 2 amide bonds. The van der Waals surface area contributed by atoms with E-state index >= 15 is 0 Å². The average molecular weight is 273 g/mol. The molecule has 2 N–H and O–H groups in total. The van der Waals surface area contributed by atoms with Crippen molar-refractivity contribution >= 4 is 11.8 Å². The Hall–Kier alpha value is -2.44. The minimum atomic E-state index is -0.346. The Morgan fingerprint density at radius 3 is 3.00 bits per heavy atom. The van der Waals surface area contributed by atoms with Gasteiger partial charge in [-0.2, -0.15) is 4.98 Å². The molecule has 0 bridgehead atoms. The topological polar surface area (TPSA) is 92.9 Å². The number of nitrogens with one attached hydrogen (secondary N) is 2. The van der Waals surface area contributed by atoms with Gasteiger partial charge in [0, 0.05) is 11.6 Å². The maximum Gasteiger partial charge on any atom is 0.320 e. The number of nitrogens with zero attached hydrogens (tertiary/aromatic N) is 3. The van der Waals surface area contributed by atoms with Crippen LogP contribution in [0.25, 0.3) is 0 Å². The van der Waals surface area contributed by atoms with E-state index in [1.807, 2.05) is 19.1 Å². The van der Waals surface area contributed by atoms with Crippen LogP contribution in [0.2, 0.25) is 0 Å². The van der Waals surface area contributed by atoms with E-state index in [1.165, 1.54) is 0 Å². The predicted molar refractivity (Wildman–Crippen MR) is 71.1 cm³/mol. The van der Waals surface area contributed by atoms with E-state index in [-0.39, 0.29) is 12.6 Å². The number of pyridine rings is 1. The van der Waals surface area contributed by atoms with Crippen LogP contribution in [-0.2, 0) is 6.54 Å². The first-order chi connectivity index (χ1) is 9.70. The van der Waals surface area contributed by atoms with Gasteiger partial charge in [0.2, 0.25) is 5.89 Å². The molecule has 2 aromatic heterocycles. The zero-order valence-electron chi connectivity index (χ0n) is 11.1. The molecule has 3 rings (SSSR count). The second-order valence-electron chi connectivity index (χ2n) is 4.80. The SMILES string of the molecule is Cc1cccc(NC(=O)NCc2noc(C3CC3)n2)n1. The fourth-order valence-electron chi connectivity index (χ4n) is 1.77. The lowest BCUT2D eigenvalue weighted by molar-refractivity contribution is 0.251. The van der Waals surface area contributed by atoms with Crippen LogP contribution in [0, 0.1) is 6.92 Å². The van der Waals surface area contributed by atoms with E-state index in [9.17, 15) is 4.79 Å². The molecule has 1 aliphatic rings. The summed E-state index contributed by atoms with van der Waals surface area (Å²) in [6.45, 7) is 2.09. The molecule has 0 saturated heterocycles. The highest BCUT2D eigenvalue weighted by molar-refractivity contribution is 5.88. The largest absolute Gasteiger partial charge is 0.339 e. The summed E-state index contributed by atoms with van der Waals surface area (Å²) in [5, 5.41) is 9.14. The van der Waals surface area contributed by atoms with Gasteiger partial charge in [-0.1, -0.05) is 11.2 Å². The van der Waals surface area contributed by atoms with Crippen LogP contribution in [0.15, 0.2) is 22.7 Å². The summed E-state index contributed by atoms with van der Waals surface area (Å²) in [5.41, 5.74) is 0.843. The number of amides is 2. The standard InChI is InChI=1S/C13H15N5O2/c1-8-3-2-4-10(15-8)17-13(19)14-7-11-16-12(20-18-11)9-5-6-9/h2-4,9H,5-7H2,1H3,(H2,14,15,17,19). The van der Waals surface area contributed by atoms with Crippen LogP contribution in [0.1, 0.15) is 36.2 Å². The van der Waals surface area contributed by atoms with E-state index in [4.69, 9.17) is 4.52 Å². The zero-order valence-corrected chi connectivity index (χ0v) is 11.1. The number of hydrogen-bond donors (Lipinski definition) is 2. The van der Waals surface area contributed by atoms with Crippen molar-refractivity contribution in [2.45, 2.75) is 32.2 Å². The Bertz CT molecular complexity index is 621. The van der Waals surface area contributed by atoms with Gasteiger partial charge in [0.15, 0.2) is 5.82 Å². The van der Waals surface area contributed by atoms with Crippen molar-refractivity contribution < 1.29 is 9.32 Å². The molecule has 0 aliphatic heterocycles. The van der Waals surface area contributed by atoms with Crippen LogP contribution in [0.4, 0.5) is 10.6 Å². The highest BCUT2D eigenvalue weighted by atomic mass is 16.5. The van der Waals surface area contributed by atoms with Crippen molar-refractivity contribution in [3.05, 3.63) is 35.6 Å². The van der Waals surface area contributed by atoms with Gasteiger partial charge in [0.1, 0.15) is 5.82 Å². The molecular weight excluding hydrogens is 258 g/mol. The van der Waals surface area contributed by atoms with Crippen molar-refractivity contribution in [2.75, 3.05) is 5.32 Å². The number of urea groups is 1. The molecule has 1 fully saturated rings. The third-order valence-corrected chi connectivity index (χ3v) is 2.95. The summed E-state index contributed by atoms with van der Waals surface area (Å²) in [5.74, 6) is 2.08. The molecule has 0 radical (unpaired) electrons. The normalized spacial score (nSPS) is 14.1. The summed E-state index contributed by atoms with van der Waals surface area (Å²) in [6.07, 6.45) is 2.21. The van der Waals surface area contributed by atoms with Crippen LogP contribution in [0.5, 0.6) is 0 Å². The molecule has 7 nitrogen and oxygen atoms in total. The van der Waals surface area contributed by atoms with Gasteiger partial charge in [-0.3, -0.25) is 5.32 Å². The Morgan fingerprint density at radius 1 is 1.40 bits per heavy atom. The molecular formula is C13H15N5O2. The van der Waals surface area contributed by atoms with Gasteiger partial charge in [-0.25, -0.2) is 9.78 Å². The van der Waals surface area contributed by atoms with Crippen LogP contribution >= 0.6 is 0 Å². The number of aryl methyl sites for hydroxylation is 1. The average Bonchev–Trinajstić information content (AvgIpc) is 3.16. The van der Waals surface area contributed by atoms with Crippen LogP contribution < -0.4 is 10.6 Å². The van der Waals surface area contributed by atoms with Gasteiger partial charge in [0.05, 0.1) is 6.54 Å². The number of anilines is 1. The first-order valence-electron chi connectivity index (χ1n) is 6.52. The number of carbonyl (C=O) groups is 1. The molecule has 7 heteroatoms. The number of rotatable bonds is 4. The quantitative estimate of drug-likeness (QED) is 0.888. The van der Waals surface area contributed by atoms with Crippen molar-refractivity contribution in [2.24, 2.45) is 0 Å². The van der Waals surface area contributed by atoms with Gasteiger partial charge >= 0.3 is 6.03 Å². The lowest BCUT2D eigenvalue weighted by Gasteiger charge is -2.05. The first-order valence-corrected chi connectivity index (χ1v) is 6.52. The first kappa shape index (κ1) is 12.6. The molecule has 2 heterocycles. The Kier molecular flexibility index (Phi) is 3.32. The van der Waals surface area contributed by atoms with Gasteiger partial charge in [0.25, 0.3) is 0 Å². The van der Waals surface area contributed by atoms with E-state index in [0.717, 1.165) is 18.5 Å². The Balaban J connectivity index is 1.51. The Labute approximate surface area is 115 Å². The molecule has 1 saturated carbocycles. The summed E-state index contributed by atoms with van der Waals surface area (Å²) in [6, 6.07) is 5.08. The lowest BCUT2D eigenvalue weighted by atomic mass is 10.4. The fourth-order valence-corrected chi connectivity index (χ4v) is 1.77. The molecule has 104 valence electrons. The monoisotopic (exact) mass is 273 g/mol. The predicted octanol–water partition coefficient (Wildman–Crippen LogP) is 1.97. The maximum absolute atomic E-state index is 11.7. The molecule has 1 aliphatic carbocycles. The zero-order chi connectivity index (χ0) is 13.9. The lowest BCUT2D eigenvalue weighted by Crippen LogP contribution is -2.29. The van der Waals surface area contributed by atoms with Crippen LogP contribution in [0.3, 0.4) is 0 Å². The van der Waals surface area contributed by atoms with Crippen molar-refractivity contribution in [3.8, 4) is 0 Å². The fraction of sp³-hybridized carbons (Fsp3) is 0.385. The molecule has 0 aromatic carbocycles. The highest BCUT2D eigenvalue weighted by Gasteiger charge is 2.29. The number of carbonyl (C=O) groups excluding carboxylic acids is 1. The van der Waals surface area contributed by atoms with Gasteiger partial charge in [-0.15, -0.1) is 0 Å². The minimum Gasteiger partial charge on any atom is -0.339 e. The smallest absolute Gasteiger partial charge is 0.320 e. The number of aromatic nitrogens is 3. The van der Waals surface area contributed by atoms with Gasteiger partial charge in [-0.05, 0) is 31.9 Å². The maximum atomic E-state index is 11.7. The highest BCUT2D eigenvalue weighted by Crippen LogP contribution is 2.38. The molecule has 0 spiro atoms. The molecule has 2 aromatic rings. The van der Waals surface area contributed by atoms with Crippen molar-refractivity contribution in [1.29, 1.82) is 0 Å². The van der Waals surface area contributed by atoms with E-state index in [1.54, 1.807) is 6.07 Å². The van der Waals surface area contributed by atoms with E-state index in [2.05, 4.69) is 25.8 Å². The third kappa shape index (κ3) is 3.11. The van der Waals surface area contributed by atoms with Crippen molar-refractivity contribution in [3.63, 3.8) is 0 Å². The van der Waals surface area contributed by atoms with E-state index < -0.39 is 0 Å².